The van der Waals surface area contributed by atoms with E-state index in [0.717, 1.165) is 21.4 Å². The molecule has 0 N–H and O–H groups in total. The second-order valence-corrected chi connectivity index (χ2v) is 5.77. The SMILES string of the molecule is CCOCc1nn2c(-c3cc(C)cc(C)c3)nnc2s1. The molecule has 1 aromatic carbocycles. The molecule has 0 bridgehead atoms. The average Bonchev–Trinajstić information content (AvgIpc) is 2.94. The topological polar surface area (TPSA) is 52.3 Å². The predicted molar refractivity (Wildman–Crippen MR) is 78.9 cm³/mol. The Morgan fingerprint density at radius 3 is 2.60 bits per heavy atom. The summed E-state index contributed by atoms with van der Waals surface area (Å²) in [6, 6.07) is 6.35. The van der Waals surface area contributed by atoms with Crippen LogP contribution >= 0.6 is 11.3 Å². The summed E-state index contributed by atoms with van der Waals surface area (Å²) in [6.45, 7) is 7.34. The van der Waals surface area contributed by atoms with E-state index in [0.29, 0.717) is 13.2 Å². The van der Waals surface area contributed by atoms with Crippen molar-refractivity contribution < 1.29 is 4.74 Å². The predicted octanol–water partition coefficient (Wildman–Crippen LogP) is 3.01. The molecule has 5 nitrogen and oxygen atoms in total. The van der Waals surface area contributed by atoms with Gasteiger partial charge in [-0.2, -0.15) is 9.61 Å². The standard InChI is InChI=1S/C14H16N4OS/c1-4-19-8-12-17-18-13(15-16-14(18)20-12)11-6-9(2)5-10(3)7-11/h5-7H,4,8H2,1-3H3. The lowest BCUT2D eigenvalue weighted by Crippen LogP contribution is -1.95. The van der Waals surface area contributed by atoms with Gasteiger partial charge in [0.1, 0.15) is 11.6 Å². The first-order chi connectivity index (χ1) is 9.67. The quantitative estimate of drug-likeness (QED) is 0.740. The lowest BCUT2D eigenvalue weighted by molar-refractivity contribution is 0.133. The molecule has 0 spiro atoms. The van der Waals surface area contributed by atoms with Crippen molar-refractivity contribution in [1.29, 1.82) is 0 Å². The van der Waals surface area contributed by atoms with Crippen LogP contribution < -0.4 is 0 Å². The highest BCUT2D eigenvalue weighted by Gasteiger charge is 2.13. The van der Waals surface area contributed by atoms with E-state index in [2.05, 4.69) is 47.3 Å². The van der Waals surface area contributed by atoms with Gasteiger partial charge in [0.05, 0.1) is 0 Å². The third kappa shape index (κ3) is 2.44. The van der Waals surface area contributed by atoms with Crippen molar-refractivity contribution in [2.75, 3.05) is 6.61 Å². The smallest absolute Gasteiger partial charge is 0.235 e. The normalized spacial score (nSPS) is 11.3. The van der Waals surface area contributed by atoms with Gasteiger partial charge in [0.15, 0.2) is 5.82 Å². The fraction of sp³-hybridized carbons (Fsp3) is 0.357. The summed E-state index contributed by atoms with van der Waals surface area (Å²) in [5.74, 6) is 0.783. The third-order valence-corrected chi connectivity index (χ3v) is 3.81. The molecule has 0 radical (unpaired) electrons. The van der Waals surface area contributed by atoms with Gasteiger partial charge in [0, 0.05) is 12.2 Å². The third-order valence-electron chi connectivity index (χ3n) is 2.94. The van der Waals surface area contributed by atoms with Gasteiger partial charge >= 0.3 is 0 Å². The van der Waals surface area contributed by atoms with E-state index in [9.17, 15) is 0 Å². The molecule has 0 saturated heterocycles. The molecule has 0 fully saturated rings. The number of aromatic nitrogens is 4. The zero-order valence-corrected chi connectivity index (χ0v) is 12.6. The summed E-state index contributed by atoms with van der Waals surface area (Å²) in [5.41, 5.74) is 3.46. The van der Waals surface area contributed by atoms with E-state index < -0.39 is 0 Å². The molecule has 0 saturated carbocycles. The number of benzene rings is 1. The molecule has 0 amide bonds. The zero-order valence-electron chi connectivity index (χ0n) is 11.8. The highest BCUT2D eigenvalue weighted by atomic mass is 32.1. The lowest BCUT2D eigenvalue weighted by Gasteiger charge is -2.01. The van der Waals surface area contributed by atoms with Gasteiger partial charge in [-0.05, 0) is 32.9 Å². The lowest BCUT2D eigenvalue weighted by atomic mass is 10.1. The van der Waals surface area contributed by atoms with Crippen LogP contribution in [0.15, 0.2) is 18.2 Å². The molecular formula is C14H16N4OS. The van der Waals surface area contributed by atoms with Crippen LogP contribution in [0.3, 0.4) is 0 Å². The Morgan fingerprint density at radius 1 is 1.15 bits per heavy atom. The van der Waals surface area contributed by atoms with Crippen molar-refractivity contribution in [2.45, 2.75) is 27.4 Å². The van der Waals surface area contributed by atoms with Crippen molar-refractivity contribution in [3.63, 3.8) is 0 Å². The molecule has 0 unspecified atom stereocenters. The van der Waals surface area contributed by atoms with Gasteiger partial charge in [0.2, 0.25) is 4.96 Å². The van der Waals surface area contributed by atoms with Crippen LogP contribution in [0.5, 0.6) is 0 Å². The number of nitrogens with zero attached hydrogens (tertiary/aromatic N) is 4. The van der Waals surface area contributed by atoms with Gasteiger partial charge in [-0.1, -0.05) is 28.5 Å². The number of ether oxygens (including phenoxy) is 1. The first-order valence-electron chi connectivity index (χ1n) is 6.55. The van der Waals surface area contributed by atoms with Crippen LogP contribution in [0, 0.1) is 13.8 Å². The van der Waals surface area contributed by atoms with E-state index in [1.54, 1.807) is 4.52 Å². The van der Waals surface area contributed by atoms with Crippen molar-refractivity contribution in [3.05, 3.63) is 34.3 Å². The number of rotatable bonds is 4. The minimum Gasteiger partial charge on any atom is -0.374 e. The fourth-order valence-corrected chi connectivity index (χ4v) is 2.96. The summed E-state index contributed by atoms with van der Waals surface area (Å²) < 4.78 is 7.19. The van der Waals surface area contributed by atoms with Gasteiger partial charge in [0.25, 0.3) is 0 Å². The monoisotopic (exact) mass is 288 g/mol. The summed E-state index contributed by atoms with van der Waals surface area (Å²) in [7, 11) is 0. The number of aryl methyl sites for hydroxylation is 2. The van der Waals surface area contributed by atoms with E-state index >= 15 is 0 Å². The van der Waals surface area contributed by atoms with E-state index in [4.69, 9.17) is 4.74 Å². The maximum atomic E-state index is 5.39. The molecule has 104 valence electrons. The zero-order chi connectivity index (χ0) is 14.1. The summed E-state index contributed by atoms with van der Waals surface area (Å²) in [5, 5.41) is 13.9. The minimum atomic E-state index is 0.525. The summed E-state index contributed by atoms with van der Waals surface area (Å²) in [6.07, 6.45) is 0. The Balaban J connectivity index is 2.04. The second kappa shape index (κ2) is 5.30. The van der Waals surface area contributed by atoms with Gasteiger partial charge < -0.3 is 4.74 Å². The molecule has 20 heavy (non-hydrogen) atoms. The number of fused-ring (bicyclic) bond motifs is 1. The molecule has 3 aromatic rings. The van der Waals surface area contributed by atoms with Crippen molar-refractivity contribution in [1.82, 2.24) is 19.8 Å². The van der Waals surface area contributed by atoms with Crippen LogP contribution in [0.25, 0.3) is 16.3 Å². The van der Waals surface area contributed by atoms with Crippen LogP contribution in [-0.2, 0) is 11.3 Å². The minimum absolute atomic E-state index is 0.525. The van der Waals surface area contributed by atoms with Gasteiger partial charge in [-0.15, -0.1) is 10.2 Å². The molecular weight excluding hydrogens is 272 g/mol. The first-order valence-corrected chi connectivity index (χ1v) is 7.36. The van der Waals surface area contributed by atoms with Gasteiger partial charge in [-0.25, -0.2) is 0 Å². The maximum Gasteiger partial charge on any atom is 0.235 e. The molecule has 2 aromatic heterocycles. The molecule has 0 aliphatic carbocycles. The van der Waals surface area contributed by atoms with E-state index in [-0.39, 0.29) is 0 Å². The van der Waals surface area contributed by atoms with E-state index in [1.807, 2.05) is 6.92 Å². The second-order valence-electron chi connectivity index (χ2n) is 4.73. The Morgan fingerprint density at radius 2 is 1.90 bits per heavy atom. The van der Waals surface area contributed by atoms with Crippen LogP contribution in [0.1, 0.15) is 23.1 Å². The Labute approximate surface area is 121 Å². The molecule has 0 aliphatic rings. The Bertz CT molecular complexity index is 727. The fourth-order valence-electron chi connectivity index (χ4n) is 2.19. The number of hydrogen-bond donors (Lipinski definition) is 0. The average molecular weight is 288 g/mol. The molecule has 0 aliphatic heterocycles. The van der Waals surface area contributed by atoms with Crippen molar-refractivity contribution in [3.8, 4) is 11.4 Å². The Kier molecular flexibility index (Phi) is 3.50. The molecule has 3 rings (SSSR count). The van der Waals surface area contributed by atoms with Gasteiger partial charge in [-0.3, -0.25) is 0 Å². The molecule has 2 heterocycles. The van der Waals surface area contributed by atoms with E-state index in [1.165, 1.54) is 22.5 Å². The Hall–Kier alpha value is -1.79. The molecule has 6 heteroatoms. The van der Waals surface area contributed by atoms with Crippen LogP contribution in [-0.4, -0.2) is 26.4 Å². The van der Waals surface area contributed by atoms with Crippen LogP contribution in [0.4, 0.5) is 0 Å². The number of hydrogen-bond acceptors (Lipinski definition) is 5. The maximum absolute atomic E-state index is 5.39. The summed E-state index contributed by atoms with van der Waals surface area (Å²) >= 11 is 1.51. The molecule has 0 atom stereocenters. The summed E-state index contributed by atoms with van der Waals surface area (Å²) in [4.78, 5) is 0.800. The van der Waals surface area contributed by atoms with Crippen LogP contribution in [0.2, 0.25) is 0 Å². The highest BCUT2D eigenvalue weighted by molar-refractivity contribution is 7.16. The highest BCUT2D eigenvalue weighted by Crippen LogP contribution is 2.23. The van der Waals surface area contributed by atoms with Crippen molar-refractivity contribution in [2.24, 2.45) is 0 Å². The van der Waals surface area contributed by atoms with Crippen molar-refractivity contribution >= 4 is 16.3 Å². The first kappa shape index (κ1) is 13.2. The largest absolute Gasteiger partial charge is 0.374 e.